The Hall–Kier alpha value is -1.03. The van der Waals surface area contributed by atoms with Crippen molar-refractivity contribution in [2.75, 3.05) is 7.11 Å². The van der Waals surface area contributed by atoms with Gasteiger partial charge < -0.3 is 10.5 Å². The number of benzene rings is 1. The van der Waals surface area contributed by atoms with Crippen LogP contribution in [0, 0.1) is 13.8 Å². The summed E-state index contributed by atoms with van der Waals surface area (Å²) in [5.41, 5.74) is 9.59. The molecule has 0 spiro atoms. The molecule has 0 aliphatic rings. The number of halogens is 1. The molecule has 2 nitrogen and oxygen atoms in total. The van der Waals surface area contributed by atoms with Crippen molar-refractivity contribution >= 4 is 22.9 Å². The zero-order chi connectivity index (χ0) is 13.3. The maximum atomic E-state index is 6.34. The van der Waals surface area contributed by atoms with Gasteiger partial charge in [-0.25, -0.2) is 0 Å². The van der Waals surface area contributed by atoms with E-state index in [1.807, 2.05) is 31.4 Å². The molecule has 0 saturated carbocycles. The molecule has 1 atom stereocenters. The molecule has 2 aromatic rings. The van der Waals surface area contributed by atoms with Crippen LogP contribution in [0.2, 0.25) is 5.02 Å². The van der Waals surface area contributed by atoms with E-state index in [1.54, 1.807) is 18.4 Å². The number of methoxy groups -OCH3 is 1. The minimum atomic E-state index is -0.170. The Labute approximate surface area is 116 Å². The van der Waals surface area contributed by atoms with Crippen molar-refractivity contribution in [1.82, 2.24) is 0 Å². The maximum Gasteiger partial charge on any atom is 0.134 e. The van der Waals surface area contributed by atoms with Crippen molar-refractivity contribution in [3.05, 3.63) is 50.2 Å². The fraction of sp³-hybridized carbons (Fsp3) is 0.286. The summed E-state index contributed by atoms with van der Waals surface area (Å²) >= 11 is 7.72. The smallest absolute Gasteiger partial charge is 0.134 e. The highest BCUT2D eigenvalue weighted by Gasteiger charge is 2.18. The van der Waals surface area contributed by atoms with Crippen LogP contribution in [-0.2, 0) is 0 Å². The van der Waals surface area contributed by atoms with Gasteiger partial charge in [0.05, 0.1) is 18.0 Å². The Bertz CT molecular complexity index is 565. The first-order valence-corrected chi connectivity index (χ1v) is 6.94. The molecule has 0 bridgehead atoms. The third-order valence-corrected chi connectivity index (χ3v) is 4.43. The minimum Gasteiger partial charge on any atom is -0.496 e. The summed E-state index contributed by atoms with van der Waals surface area (Å²) in [6.45, 7) is 4.02. The summed E-state index contributed by atoms with van der Waals surface area (Å²) in [6.07, 6.45) is 0. The molecule has 0 saturated heterocycles. The zero-order valence-electron chi connectivity index (χ0n) is 10.7. The van der Waals surface area contributed by atoms with E-state index in [1.165, 1.54) is 0 Å². The second-order valence-electron chi connectivity index (χ2n) is 4.29. The van der Waals surface area contributed by atoms with E-state index in [2.05, 4.69) is 6.07 Å². The van der Waals surface area contributed by atoms with E-state index in [-0.39, 0.29) is 6.04 Å². The molecular formula is C14H16ClNOS. The highest BCUT2D eigenvalue weighted by Crippen LogP contribution is 2.35. The Kier molecular flexibility index (Phi) is 3.95. The van der Waals surface area contributed by atoms with Crippen molar-refractivity contribution in [2.45, 2.75) is 19.9 Å². The average molecular weight is 282 g/mol. The van der Waals surface area contributed by atoms with Crippen LogP contribution in [0.1, 0.15) is 27.6 Å². The largest absolute Gasteiger partial charge is 0.496 e. The molecule has 2 rings (SSSR count). The van der Waals surface area contributed by atoms with E-state index in [0.717, 1.165) is 32.3 Å². The molecular weight excluding hydrogens is 266 g/mol. The lowest BCUT2D eigenvalue weighted by Crippen LogP contribution is -2.13. The lowest BCUT2D eigenvalue weighted by Gasteiger charge is -2.16. The summed E-state index contributed by atoms with van der Waals surface area (Å²) in [4.78, 5) is 1.04. The molecule has 0 radical (unpaired) electrons. The normalized spacial score (nSPS) is 12.5. The zero-order valence-corrected chi connectivity index (χ0v) is 12.2. The molecule has 2 N–H and O–H groups in total. The monoisotopic (exact) mass is 281 g/mol. The van der Waals surface area contributed by atoms with Crippen molar-refractivity contribution in [3.8, 4) is 5.75 Å². The lowest BCUT2D eigenvalue weighted by molar-refractivity contribution is 0.411. The highest BCUT2D eigenvalue weighted by atomic mass is 35.5. The van der Waals surface area contributed by atoms with Gasteiger partial charge in [-0.1, -0.05) is 17.7 Å². The first-order chi connectivity index (χ1) is 8.54. The molecule has 0 aliphatic carbocycles. The van der Waals surface area contributed by atoms with E-state index in [0.29, 0.717) is 0 Å². The quantitative estimate of drug-likeness (QED) is 0.920. The molecule has 0 fully saturated rings. The van der Waals surface area contributed by atoms with Gasteiger partial charge in [-0.05, 0) is 48.1 Å². The van der Waals surface area contributed by atoms with Crippen LogP contribution in [0.4, 0.5) is 0 Å². The molecule has 0 aliphatic heterocycles. The van der Waals surface area contributed by atoms with Gasteiger partial charge in [0.15, 0.2) is 0 Å². The van der Waals surface area contributed by atoms with Gasteiger partial charge in [0, 0.05) is 5.02 Å². The average Bonchev–Trinajstić information content (AvgIpc) is 2.81. The highest BCUT2D eigenvalue weighted by molar-refractivity contribution is 7.10. The molecule has 1 unspecified atom stereocenters. The first kappa shape index (κ1) is 13.4. The predicted molar refractivity (Wildman–Crippen MR) is 77.8 cm³/mol. The molecule has 96 valence electrons. The van der Waals surface area contributed by atoms with Crippen molar-refractivity contribution in [3.63, 3.8) is 0 Å². The van der Waals surface area contributed by atoms with Crippen molar-refractivity contribution in [1.29, 1.82) is 0 Å². The van der Waals surface area contributed by atoms with Crippen molar-refractivity contribution < 1.29 is 4.74 Å². The number of aryl methyl sites for hydroxylation is 2. The van der Waals surface area contributed by atoms with Crippen LogP contribution in [-0.4, -0.2) is 7.11 Å². The van der Waals surface area contributed by atoms with Gasteiger partial charge >= 0.3 is 0 Å². The Morgan fingerprint density at radius 1 is 1.28 bits per heavy atom. The van der Waals surface area contributed by atoms with Gasteiger partial charge in [-0.2, -0.15) is 0 Å². The number of hydrogen-bond acceptors (Lipinski definition) is 3. The standard InChI is InChI=1S/C14H16ClNOS/c1-8-7-11(15)9(2)6-10(8)13(16)14-12(17-3)4-5-18-14/h4-7,13H,16H2,1-3H3. The first-order valence-electron chi connectivity index (χ1n) is 5.68. The van der Waals surface area contributed by atoms with Gasteiger partial charge in [0.1, 0.15) is 5.75 Å². The van der Waals surface area contributed by atoms with E-state index < -0.39 is 0 Å². The Morgan fingerprint density at radius 3 is 2.67 bits per heavy atom. The number of thiophene rings is 1. The SMILES string of the molecule is COc1ccsc1C(N)c1cc(C)c(Cl)cc1C. The van der Waals surface area contributed by atoms with Crippen LogP contribution < -0.4 is 10.5 Å². The summed E-state index contributed by atoms with van der Waals surface area (Å²) < 4.78 is 5.33. The number of rotatable bonds is 3. The minimum absolute atomic E-state index is 0.170. The van der Waals surface area contributed by atoms with Gasteiger partial charge in [0.25, 0.3) is 0 Å². The molecule has 1 aromatic heterocycles. The van der Waals surface area contributed by atoms with E-state index in [4.69, 9.17) is 22.1 Å². The summed E-state index contributed by atoms with van der Waals surface area (Å²) in [6, 6.07) is 5.79. The molecule has 1 heterocycles. The van der Waals surface area contributed by atoms with Crippen LogP contribution in [0.15, 0.2) is 23.6 Å². The van der Waals surface area contributed by atoms with Gasteiger partial charge in [0.2, 0.25) is 0 Å². The second-order valence-corrected chi connectivity index (χ2v) is 5.64. The number of ether oxygens (including phenoxy) is 1. The van der Waals surface area contributed by atoms with Crippen LogP contribution in [0.25, 0.3) is 0 Å². The number of nitrogens with two attached hydrogens (primary N) is 1. The Balaban J connectivity index is 2.46. The summed E-state index contributed by atoms with van der Waals surface area (Å²) in [5, 5.41) is 2.77. The molecule has 0 amide bonds. The van der Waals surface area contributed by atoms with E-state index >= 15 is 0 Å². The van der Waals surface area contributed by atoms with Crippen molar-refractivity contribution in [2.24, 2.45) is 5.73 Å². The topological polar surface area (TPSA) is 35.2 Å². The van der Waals surface area contributed by atoms with Crippen LogP contribution >= 0.6 is 22.9 Å². The van der Waals surface area contributed by atoms with Gasteiger partial charge in [-0.3, -0.25) is 0 Å². The fourth-order valence-electron chi connectivity index (χ4n) is 1.98. The molecule has 4 heteroatoms. The van der Waals surface area contributed by atoms with Crippen LogP contribution in [0.3, 0.4) is 0 Å². The summed E-state index contributed by atoms with van der Waals surface area (Å²) in [7, 11) is 1.66. The third kappa shape index (κ3) is 2.39. The fourth-order valence-corrected chi connectivity index (χ4v) is 3.08. The lowest BCUT2D eigenvalue weighted by atomic mass is 9.98. The van der Waals surface area contributed by atoms with Crippen LogP contribution in [0.5, 0.6) is 5.75 Å². The number of hydrogen-bond donors (Lipinski definition) is 1. The Morgan fingerprint density at radius 2 is 2.00 bits per heavy atom. The predicted octanol–water partition coefficient (Wildman–Crippen LogP) is 4.08. The molecule has 1 aromatic carbocycles. The third-order valence-electron chi connectivity index (χ3n) is 3.04. The van der Waals surface area contributed by atoms with Gasteiger partial charge in [-0.15, -0.1) is 11.3 Å². The maximum absolute atomic E-state index is 6.34. The molecule has 18 heavy (non-hydrogen) atoms. The summed E-state index contributed by atoms with van der Waals surface area (Å²) in [5.74, 6) is 0.847. The van der Waals surface area contributed by atoms with E-state index in [9.17, 15) is 0 Å². The second kappa shape index (κ2) is 5.31.